The van der Waals surface area contributed by atoms with Gasteiger partial charge >= 0.3 is 28.0 Å². The Morgan fingerprint density at radius 3 is 1.03 bits per heavy atom. The molecular weight excluding hydrogens is 500 g/mol. The predicted octanol–water partition coefficient (Wildman–Crippen LogP) is -1.60. The second-order valence-electron chi connectivity index (χ2n) is 5.86. The summed E-state index contributed by atoms with van der Waals surface area (Å²) >= 11 is 0. The largest absolute Gasteiger partial charge is 0.500 e. The van der Waals surface area contributed by atoms with E-state index in [-0.39, 0.29) is 11.9 Å². The maximum absolute atomic E-state index is 8.74. The van der Waals surface area contributed by atoms with E-state index in [0.29, 0.717) is 25.2 Å². The van der Waals surface area contributed by atoms with Crippen LogP contribution >= 0.6 is 0 Å². The zero-order chi connectivity index (χ0) is 26.6. The van der Waals surface area contributed by atoms with E-state index in [4.69, 9.17) is 67.0 Å². The summed E-state index contributed by atoms with van der Waals surface area (Å²) in [5, 5.41) is 0. The average molecular weight is 541 g/mol. The van der Waals surface area contributed by atoms with Crippen molar-refractivity contribution in [2.45, 2.75) is 24.9 Å². The molecule has 0 bridgehead atoms. The second-order valence-corrected chi connectivity index (χ2v) is 12.9. The van der Waals surface area contributed by atoms with Crippen LogP contribution in [0.3, 0.4) is 0 Å². The van der Waals surface area contributed by atoms with Gasteiger partial charge in [0.1, 0.15) is 0 Å². The van der Waals surface area contributed by atoms with Gasteiger partial charge in [0, 0.05) is 67.8 Å². The van der Waals surface area contributed by atoms with Gasteiger partial charge in [-0.05, 0) is 12.8 Å². The molecule has 16 nitrogen and oxygen atoms in total. The van der Waals surface area contributed by atoms with Crippen molar-refractivity contribution in [1.29, 1.82) is 0 Å². The van der Waals surface area contributed by atoms with Gasteiger partial charge in [-0.3, -0.25) is 19.1 Å². The lowest BCUT2D eigenvalue weighted by molar-refractivity contribution is 0.122. The molecule has 10 N–H and O–H groups in total. The second kappa shape index (κ2) is 20.0. The summed E-state index contributed by atoms with van der Waals surface area (Å²) in [5.41, 5.74) is 20.7. The van der Waals surface area contributed by atoms with Crippen LogP contribution in [0.2, 0.25) is 12.1 Å². The van der Waals surface area contributed by atoms with Crippen molar-refractivity contribution in [3.8, 4) is 0 Å². The van der Waals surface area contributed by atoms with E-state index in [1.165, 1.54) is 0 Å². The van der Waals surface area contributed by atoms with E-state index in [9.17, 15) is 0 Å². The Kier molecular flexibility index (Phi) is 21.9. The first-order chi connectivity index (χ1) is 15.2. The number of rotatable bonds is 14. The molecule has 0 aromatic rings. The van der Waals surface area contributed by atoms with Crippen LogP contribution in [0, 0.1) is 0 Å². The van der Waals surface area contributed by atoms with Crippen LogP contribution in [-0.2, 0) is 37.0 Å². The Balaban J connectivity index is -0.000000453. The Hall–Kier alpha value is -1.40. The fourth-order valence-corrected chi connectivity index (χ4v) is 5.53. The number of guanidine groups is 2. The van der Waals surface area contributed by atoms with Gasteiger partial charge in [-0.15, -0.1) is 0 Å². The van der Waals surface area contributed by atoms with Crippen LogP contribution in [0.5, 0.6) is 0 Å². The zero-order valence-corrected chi connectivity index (χ0v) is 22.8. The zero-order valence-electron chi connectivity index (χ0n) is 20.0. The molecule has 33 heavy (non-hydrogen) atoms. The van der Waals surface area contributed by atoms with Gasteiger partial charge in [0.05, 0.1) is 0 Å². The minimum absolute atomic E-state index is 0.101. The van der Waals surface area contributed by atoms with Crippen molar-refractivity contribution >= 4 is 39.9 Å². The first-order valence-electron chi connectivity index (χ1n) is 9.31. The molecule has 0 spiro atoms. The van der Waals surface area contributed by atoms with Gasteiger partial charge in [0.2, 0.25) is 0 Å². The maximum atomic E-state index is 8.74. The number of aliphatic imine (C=N–C) groups is 2. The van der Waals surface area contributed by atoms with Crippen molar-refractivity contribution in [1.82, 2.24) is 0 Å². The molecular formula is C14H40N6O10SSi2. The van der Waals surface area contributed by atoms with Crippen LogP contribution in [0.4, 0.5) is 0 Å². The van der Waals surface area contributed by atoms with E-state index in [2.05, 4.69) is 9.98 Å². The quantitative estimate of drug-likeness (QED) is 0.0477. The highest BCUT2D eigenvalue weighted by molar-refractivity contribution is 7.79. The topological polar surface area (TPSA) is 259 Å². The van der Waals surface area contributed by atoms with Gasteiger partial charge in [-0.2, -0.15) is 8.42 Å². The first kappa shape index (κ1) is 36.2. The van der Waals surface area contributed by atoms with Crippen molar-refractivity contribution in [3.05, 3.63) is 0 Å². The molecule has 0 fully saturated rings. The third kappa shape index (κ3) is 23.6. The van der Waals surface area contributed by atoms with Crippen molar-refractivity contribution < 1.29 is 44.1 Å². The monoisotopic (exact) mass is 540 g/mol. The fourth-order valence-electron chi connectivity index (χ4n) is 2.12. The summed E-state index contributed by atoms with van der Waals surface area (Å²) in [6, 6.07) is 1.40. The summed E-state index contributed by atoms with van der Waals surface area (Å²) < 4.78 is 62.9. The summed E-state index contributed by atoms with van der Waals surface area (Å²) in [6.07, 6.45) is 1.55. The number of nitrogens with zero attached hydrogens (tertiary/aromatic N) is 2. The molecule has 0 heterocycles. The van der Waals surface area contributed by atoms with Crippen LogP contribution in [0.1, 0.15) is 12.8 Å². The third-order valence-electron chi connectivity index (χ3n) is 3.74. The van der Waals surface area contributed by atoms with Crippen molar-refractivity contribution in [3.63, 3.8) is 0 Å². The standard InChI is InChI=1S/2C7H19N3O3Si.H2O4S/c2*1-11-14(12-2,13-3)6-4-5-10-7(8)9;1-5(2,3)4/h2*4-6H2,1-3H3,(H4,8,9,10);(H2,1,2,3,4). The van der Waals surface area contributed by atoms with E-state index >= 15 is 0 Å². The van der Waals surface area contributed by atoms with Crippen molar-refractivity contribution in [2.24, 2.45) is 32.9 Å². The minimum atomic E-state index is -4.67. The Labute approximate surface area is 197 Å². The van der Waals surface area contributed by atoms with Crippen LogP contribution in [0.15, 0.2) is 9.98 Å². The molecule has 0 saturated heterocycles. The van der Waals surface area contributed by atoms with Gasteiger partial charge in [0.15, 0.2) is 11.9 Å². The van der Waals surface area contributed by atoms with Gasteiger partial charge in [0.25, 0.3) is 0 Å². The number of nitrogens with two attached hydrogens (primary N) is 4. The molecule has 0 unspecified atom stereocenters. The van der Waals surface area contributed by atoms with E-state index in [0.717, 1.165) is 12.8 Å². The van der Waals surface area contributed by atoms with Crippen molar-refractivity contribution in [2.75, 3.05) is 55.7 Å². The predicted molar refractivity (Wildman–Crippen MR) is 128 cm³/mol. The molecule has 0 aliphatic rings. The van der Waals surface area contributed by atoms with E-state index in [1.807, 2.05) is 0 Å². The molecule has 0 rings (SSSR count). The minimum Gasteiger partial charge on any atom is -0.377 e. The van der Waals surface area contributed by atoms with Crippen LogP contribution < -0.4 is 22.9 Å². The molecule has 19 heteroatoms. The van der Waals surface area contributed by atoms with E-state index in [1.54, 1.807) is 42.7 Å². The smallest absolute Gasteiger partial charge is 0.377 e. The lowest BCUT2D eigenvalue weighted by Crippen LogP contribution is -2.42. The summed E-state index contributed by atoms with van der Waals surface area (Å²) in [6.45, 7) is 1.13. The molecule has 0 aliphatic carbocycles. The average Bonchev–Trinajstić information content (AvgIpc) is 2.74. The molecule has 200 valence electrons. The molecule has 0 atom stereocenters. The SMILES string of the molecule is CO[Si](CCCN=C(N)N)(OC)OC.CO[Si](CCCN=C(N)N)(OC)OC.O=S(=O)(O)O. The highest BCUT2D eigenvalue weighted by atomic mass is 32.3. The summed E-state index contributed by atoms with van der Waals surface area (Å²) in [4.78, 5) is 7.72. The normalized spacial score (nSPS) is 11.4. The fraction of sp³-hybridized carbons (Fsp3) is 0.857. The Bertz CT molecular complexity index is 576. The third-order valence-corrected chi connectivity index (χ3v) is 9.40. The lowest BCUT2D eigenvalue weighted by atomic mass is 10.5. The summed E-state index contributed by atoms with van der Waals surface area (Å²) in [7, 11) is -0.0486. The molecule has 0 aromatic carbocycles. The number of hydrogen-bond donors (Lipinski definition) is 6. The molecule has 0 aliphatic heterocycles. The van der Waals surface area contributed by atoms with Crippen LogP contribution in [0.25, 0.3) is 0 Å². The highest BCUT2D eigenvalue weighted by Crippen LogP contribution is 2.15. The van der Waals surface area contributed by atoms with Gasteiger partial charge in [-0.1, -0.05) is 0 Å². The van der Waals surface area contributed by atoms with E-state index < -0.39 is 28.0 Å². The maximum Gasteiger partial charge on any atom is 0.500 e. The highest BCUT2D eigenvalue weighted by Gasteiger charge is 2.37. The van der Waals surface area contributed by atoms with Gasteiger partial charge in [-0.25, -0.2) is 0 Å². The Morgan fingerprint density at radius 1 is 0.667 bits per heavy atom. The Morgan fingerprint density at radius 2 is 0.879 bits per heavy atom. The van der Waals surface area contributed by atoms with Crippen LogP contribution in [-0.4, -0.2) is 103 Å². The molecule has 0 aromatic heterocycles. The first-order valence-corrected chi connectivity index (χ1v) is 14.6. The molecule has 0 amide bonds. The summed E-state index contributed by atoms with van der Waals surface area (Å²) in [5.74, 6) is 0.203. The lowest BCUT2D eigenvalue weighted by Gasteiger charge is -2.23. The molecule has 0 radical (unpaired) electrons. The molecule has 0 saturated carbocycles. The van der Waals surface area contributed by atoms with Gasteiger partial charge < -0.3 is 49.5 Å². The number of hydrogen-bond acceptors (Lipinski definition) is 10.